The zero-order valence-corrected chi connectivity index (χ0v) is 15.4. The Morgan fingerprint density at radius 2 is 1.92 bits per heavy atom. The molecule has 1 amide bonds. The Labute approximate surface area is 148 Å². The monoisotopic (exact) mass is 348 g/mol. The molecule has 0 aromatic carbocycles. The van der Waals surface area contributed by atoms with Gasteiger partial charge in [0.2, 0.25) is 5.91 Å². The summed E-state index contributed by atoms with van der Waals surface area (Å²) in [5.74, 6) is 2.60. The quantitative estimate of drug-likeness (QED) is 0.764. The summed E-state index contributed by atoms with van der Waals surface area (Å²) in [5.41, 5.74) is 0. The Kier molecular flexibility index (Phi) is 4.83. The molecule has 3 aliphatic carbocycles. The maximum atomic E-state index is 12.5. The van der Waals surface area contributed by atoms with E-state index in [4.69, 9.17) is 0 Å². The van der Waals surface area contributed by atoms with Crippen LogP contribution in [0.2, 0.25) is 0 Å². The van der Waals surface area contributed by atoms with Gasteiger partial charge in [-0.3, -0.25) is 4.79 Å². The summed E-state index contributed by atoms with van der Waals surface area (Å²) in [6.07, 6.45) is 11.5. The van der Waals surface area contributed by atoms with Gasteiger partial charge in [-0.2, -0.15) is 0 Å². The van der Waals surface area contributed by atoms with E-state index >= 15 is 0 Å². The van der Waals surface area contributed by atoms with Gasteiger partial charge in [-0.1, -0.05) is 31.0 Å². The van der Waals surface area contributed by atoms with Crippen molar-refractivity contribution >= 4 is 17.7 Å². The van der Waals surface area contributed by atoms with Crippen molar-refractivity contribution in [3.05, 3.63) is 5.82 Å². The molecule has 1 heterocycles. The molecule has 132 valence electrons. The van der Waals surface area contributed by atoms with Crippen molar-refractivity contribution in [2.75, 3.05) is 6.54 Å². The minimum atomic E-state index is -0.109. The van der Waals surface area contributed by atoms with Gasteiger partial charge in [-0.25, -0.2) is 0 Å². The Balaban J connectivity index is 1.33. The predicted octanol–water partition coefficient (Wildman–Crippen LogP) is 3.67. The van der Waals surface area contributed by atoms with Gasteiger partial charge in [0.15, 0.2) is 5.16 Å². The molecule has 0 bridgehead atoms. The number of carbonyl (C=O) groups is 1. The molecule has 3 aliphatic rings. The molecule has 4 rings (SSSR count). The molecular weight excluding hydrogens is 320 g/mol. The second kappa shape index (κ2) is 7.06. The summed E-state index contributed by atoms with van der Waals surface area (Å²) in [6, 6.07) is 0.579. The van der Waals surface area contributed by atoms with E-state index in [-0.39, 0.29) is 11.2 Å². The smallest absolute Gasteiger partial charge is 0.233 e. The van der Waals surface area contributed by atoms with Crippen molar-refractivity contribution < 1.29 is 4.79 Å². The van der Waals surface area contributed by atoms with E-state index in [0.29, 0.717) is 17.9 Å². The van der Waals surface area contributed by atoms with Crippen LogP contribution in [0.4, 0.5) is 0 Å². The van der Waals surface area contributed by atoms with Crippen molar-refractivity contribution in [1.29, 1.82) is 0 Å². The van der Waals surface area contributed by atoms with Crippen LogP contribution in [0.15, 0.2) is 5.16 Å². The van der Waals surface area contributed by atoms with Gasteiger partial charge >= 0.3 is 0 Å². The molecule has 3 saturated carbocycles. The average molecular weight is 349 g/mol. The highest BCUT2D eigenvalue weighted by Crippen LogP contribution is 2.46. The first-order chi connectivity index (χ1) is 11.7. The number of hydrogen-bond donors (Lipinski definition) is 1. The van der Waals surface area contributed by atoms with Gasteiger partial charge in [0, 0.05) is 18.5 Å². The average Bonchev–Trinajstić information content (AvgIpc) is 3.52. The highest BCUT2D eigenvalue weighted by Gasteiger charge is 2.37. The molecule has 1 N–H and O–H groups in total. The molecule has 5 nitrogen and oxygen atoms in total. The van der Waals surface area contributed by atoms with E-state index in [0.717, 1.165) is 17.5 Å². The molecule has 6 heteroatoms. The summed E-state index contributed by atoms with van der Waals surface area (Å²) < 4.78 is 2.33. The van der Waals surface area contributed by atoms with E-state index in [2.05, 4.69) is 20.1 Å². The van der Waals surface area contributed by atoms with E-state index in [1.165, 1.54) is 57.8 Å². The van der Waals surface area contributed by atoms with Crippen molar-refractivity contribution in [3.8, 4) is 0 Å². The Bertz CT molecular complexity index is 588. The van der Waals surface area contributed by atoms with Crippen molar-refractivity contribution in [2.24, 2.45) is 5.92 Å². The molecule has 0 radical (unpaired) electrons. The summed E-state index contributed by atoms with van der Waals surface area (Å²) in [5, 5.41) is 12.8. The first-order valence-corrected chi connectivity index (χ1v) is 10.5. The number of carbonyl (C=O) groups excluding carboxylic acids is 1. The molecule has 1 aromatic rings. The van der Waals surface area contributed by atoms with Crippen LogP contribution in [-0.4, -0.2) is 32.5 Å². The standard InChI is InChI=1S/C18H28N4OS/c1-12(17(23)19-11-13-5-3-2-4-6-13)24-18-21-20-16(14-7-8-14)22(18)15-9-10-15/h12-15H,2-11H2,1H3,(H,19,23). The summed E-state index contributed by atoms with van der Waals surface area (Å²) in [7, 11) is 0. The molecule has 0 aliphatic heterocycles. The van der Waals surface area contributed by atoms with Gasteiger partial charge in [0.25, 0.3) is 0 Å². The third-order valence-corrected chi connectivity index (χ3v) is 6.54. The molecular formula is C18H28N4OS. The highest BCUT2D eigenvalue weighted by molar-refractivity contribution is 8.00. The van der Waals surface area contributed by atoms with Gasteiger partial charge in [0.05, 0.1) is 5.25 Å². The zero-order valence-electron chi connectivity index (χ0n) is 14.5. The van der Waals surface area contributed by atoms with E-state index in [9.17, 15) is 4.79 Å². The first-order valence-electron chi connectivity index (χ1n) is 9.61. The molecule has 1 unspecified atom stereocenters. The molecule has 3 fully saturated rings. The van der Waals surface area contributed by atoms with Crippen LogP contribution in [0.1, 0.15) is 82.5 Å². The number of nitrogens with one attached hydrogen (secondary N) is 1. The third-order valence-electron chi connectivity index (χ3n) is 5.49. The Hall–Kier alpha value is -1.04. The number of rotatable bonds is 7. The van der Waals surface area contributed by atoms with Gasteiger partial charge in [-0.05, 0) is 51.4 Å². The third kappa shape index (κ3) is 3.79. The number of aromatic nitrogens is 3. The van der Waals surface area contributed by atoms with Crippen LogP contribution in [0.3, 0.4) is 0 Å². The number of amides is 1. The summed E-state index contributed by atoms with van der Waals surface area (Å²) in [6.45, 7) is 2.83. The maximum absolute atomic E-state index is 12.5. The maximum Gasteiger partial charge on any atom is 0.233 e. The van der Waals surface area contributed by atoms with Crippen molar-refractivity contribution in [2.45, 2.75) is 87.1 Å². The number of hydrogen-bond acceptors (Lipinski definition) is 4. The van der Waals surface area contributed by atoms with Crippen LogP contribution >= 0.6 is 11.8 Å². The number of thioether (sulfide) groups is 1. The fraction of sp³-hybridized carbons (Fsp3) is 0.833. The first kappa shape index (κ1) is 16.4. The van der Waals surface area contributed by atoms with Gasteiger partial charge in [-0.15, -0.1) is 10.2 Å². The second-order valence-electron chi connectivity index (χ2n) is 7.73. The van der Waals surface area contributed by atoms with Crippen molar-refractivity contribution in [3.63, 3.8) is 0 Å². The minimum absolute atomic E-state index is 0.109. The fourth-order valence-corrected chi connectivity index (χ4v) is 4.61. The Morgan fingerprint density at radius 3 is 2.58 bits per heavy atom. The lowest BCUT2D eigenvalue weighted by Gasteiger charge is -2.22. The highest BCUT2D eigenvalue weighted by atomic mass is 32.2. The molecule has 1 atom stereocenters. The van der Waals surface area contributed by atoms with E-state index < -0.39 is 0 Å². The van der Waals surface area contributed by atoms with Gasteiger partial charge < -0.3 is 9.88 Å². The lowest BCUT2D eigenvalue weighted by atomic mass is 9.89. The number of nitrogens with zero attached hydrogens (tertiary/aromatic N) is 3. The minimum Gasteiger partial charge on any atom is -0.355 e. The van der Waals surface area contributed by atoms with Crippen LogP contribution in [-0.2, 0) is 4.79 Å². The molecule has 1 aromatic heterocycles. The predicted molar refractivity (Wildman–Crippen MR) is 95.2 cm³/mol. The second-order valence-corrected chi connectivity index (χ2v) is 9.03. The lowest BCUT2D eigenvalue weighted by Crippen LogP contribution is -2.35. The van der Waals surface area contributed by atoms with Crippen LogP contribution in [0.25, 0.3) is 0 Å². The van der Waals surface area contributed by atoms with Crippen LogP contribution in [0.5, 0.6) is 0 Å². The van der Waals surface area contributed by atoms with E-state index in [1.54, 1.807) is 11.8 Å². The van der Waals surface area contributed by atoms with E-state index in [1.807, 2.05) is 6.92 Å². The SMILES string of the molecule is CC(Sc1nnc(C2CC2)n1C1CC1)C(=O)NCC1CCCCC1. The van der Waals surface area contributed by atoms with Gasteiger partial charge in [0.1, 0.15) is 5.82 Å². The lowest BCUT2D eigenvalue weighted by molar-refractivity contribution is -0.120. The topological polar surface area (TPSA) is 59.8 Å². The molecule has 0 saturated heterocycles. The Morgan fingerprint density at radius 1 is 1.17 bits per heavy atom. The van der Waals surface area contributed by atoms with Crippen LogP contribution in [0, 0.1) is 5.92 Å². The molecule has 0 spiro atoms. The molecule has 24 heavy (non-hydrogen) atoms. The normalized spacial score (nSPS) is 23.2. The van der Waals surface area contributed by atoms with Crippen molar-refractivity contribution in [1.82, 2.24) is 20.1 Å². The largest absolute Gasteiger partial charge is 0.355 e. The summed E-state index contributed by atoms with van der Waals surface area (Å²) >= 11 is 1.58. The van der Waals surface area contributed by atoms with Crippen LogP contribution < -0.4 is 5.32 Å². The zero-order chi connectivity index (χ0) is 16.5. The fourth-order valence-electron chi connectivity index (χ4n) is 3.66. The summed E-state index contributed by atoms with van der Waals surface area (Å²) in [4.78, 5) is 12.5.